The summed E-state index contributed by atoms with van der Waals surface area (Å²) in [6.45, 7) is -2.77. The van der Waals surface area contributed by atoms with Crippen LogP contribution in [0.3, 0.4) is 0 Å². The van der Waals surface area contributed by atoms with Crippen molar-refractivity contribution in [1.29, 1.82) is 0 Å². The Labute approximate surface area is 138 Å². The molecule has 8 heteroatoms. The maximum atomic E-state index is 12.1. The van der Waals surface area contributed by atoms with Crippen LogP contribution in [0.1, 0.15) is 25.7 Å². The molecule has 0 unspecified atom stereocenters. The molecule has 23 heavy (non-hydrogen) atoms. The molecule has 2 rings (SSSR count). The first-order valence-corrected chi connectivity index (χ1v) is 7.78. The molecular formula is C15H19ClF2N2O3. The van der Waals surface area contributed by atoms with E-state index >= 15 is 0 Å². The van der Waals surface area contributed by atoms with Gasteiger partial charge in [0.05, 0.1) is 5.02 Å². The fraction of sp³-hybridized carbons (Fsp3) is 0.533. The van der Waals surface area contributed by atoms with Crippen LogP contribution in [0.2, 0.25) is 5.02 Å². The molecule has 0 aliphatic heterocycles. The number of alkyl halides is 2. The van der Waals surface area contributed by atoms with E-state index in [1.807, 2.05) is 0 Å². The summed E-state index contributed by atoms with van der Waals surface area (Å²) in [5.74, 6) is 0.173. The van der Waals surface area contributed by atoms with Gasteiger partial charge < -0.3 is 20.5 Å². The number of carbonyl (C=O) groups excluding carboxylic acids is 1. The zero-order valence-electron chi connectivity index (χ0n) is 12.4. The number of carbonyl (C=O) groups is 1. The number of aliphatic hydroxyl groups is 1. The van der Waals surface area contributed by atoms with Crippen molar-refractivity contribution >= 4 is 23.3 Å². The zero-order valence-corrected chi connectivity index (χ0v) is 13.2. The highest BCUT2D eigenvalue weighted by Gasteiger charge is 2.21. The van der Waals surface area contributed by atoms with E-state index in [4.69, 9.17) is 16.7 Å². The van der Waals surface area contributed by atoms with Crippen LogP contribution in [0.25, 0.3) is 0 Å². The van der Waals surface area contributed by atoms with E-state index in [1.54, 1.807) is 0 Å². The second kappa shape index (κ2) is 8.31. The number of amides is 2. The number of anilines is 1. The maximum absolute atomic E-state index is 12.1. The van der Waals surface area contributed by atoms with Crippen molar-refractivity contribution in [3.8, 4) is 5.75 Å². The zero-order chi connectivity index (χ0) is 16.8. The highest BCUT2D eigenvalue weighted by molar-refractivity contribution is 6.32. The predicted molar refractivity (Wildman–Crippen MR) is 83.1 cm³/mol. The number of rotatable bonds is 5. The Morgan fingerprint density at radius 1 is 1.35 bits per heavy atom. The Balaban J connectivity index is 1.84. The van der Waals surface area contributed by atoms with Gasteiger partial charge in [-0.15, -0.1) is 0 Å². The van der Waals surface area contributed by atoms with Crippen LogP contribution in [0.5, 0.6) is 5.75 Å². The van der Waals surface area contributed by atoms with Crippen LogP contribution in [-0.4, -0.2) is 30.4 Å². The predicted octanol–water partition coefficient (Wildman–Crippen LogP) is 3.61. The molecular weight excluding hydrogens is 330 g/mol. The maximum Gasteiger partial charge on any atom is 0.387 e. The molecule has 0 radical (unpaired) electrons. The van der Waals surface area contributed by atoms with Crippen LogP contribution in [-0.2, 0) is 0 Å². The number of ether oxygens (including phenoxy) is 1. The van der Waals surface area contributed by atoms with Crippen molar-refractivity contribution in [3.05, 3.63) is 23.2 Å². The average Bonchev–Trinajstić information content (AvgIpc) is 2.50. The summed E-state index contributed by atoms with van der Waals surface area (Å²) in [5.41, 5.74) is 0.387. The third-order valence-corrected chi connectivity index (χ3v) is 4.14. The molecule has 1 saturated carbocycles. The minimum atomic E-state index is -2.95. The van der Waals surface area contributed by atoms with Crippen molar-refractivity contribution < 1.29 is 23.4 Å². The van der Waals surface area contributed by atoms with E-state index in [0.29, 0.717) is 11.6 Å². The molecule has 0 aromatic heterocycles. The Morgan fingerprint density at radius 2 is 2.04 bits per heavy atom. The number of urea groups is 1. The Hall–Kier alpha value is -1.60. The fourth-order valence-corrected chi connectivity index (χ4v) is 2.84. The van der Waals surface area contributed by atoms with Crippen molar-refractivity contribution in [1.82, 2.24) is 5.32 Å². The number of aliphatic hydroxyl groups excluding tert-OH is 1. The molecule has 0 bridgehead atoms. The molecule has 3 N–H and O–H groups in total. The van der Waals surface area contributed by atoms with Crippen LogP contribution in [0.4, 0.5) is 19.3 Å². The SMILES string of the molecule is O=C(Nc1ccc(OC(F)F)c(Cl)c1)NC1CCC(CO)CC1. The van der Waals surface area contributed by atoms with Gasteiger partial charge in [0.1, 0.15) is 5.75 Å². The van der Waals surface area contributed by atoms with Gasteiger partial charge >= 0.3 is 12.6 Å². The summed E-state index contributed by atoms with van der Waals surface area (Å²) in [6.07, 6.45) is 3.40. The lowest BCUT2D eigenvalue weighted by molar-refractivity contribution is -0.0497. The smallest absolute Gasteiger partial charge is 0.387 e. The minimum absolute atomic E-state index is 0.00782. The number of benzene rings is 1. The van der Waals surface area contributed by atoms with E-state index in [9.17, 15) is 13.6 Å². The van der Waals surface area contributed by atoms with Gasteiger partial charge in [0, 0.05) is 18.3 Å². The number of halogens is 3. The second-order valence-corrected chi connectivity index (χ2v) is 5.93. The quantitative estimate of drug-likeness (QED) is 0.761. The first kappa shape index (κ1) is 17.7. The third-order valence-electron chi connectivity index (χ3n) is 3.85. The van der Waals surface area contributed by atoms with Crippen LogP contribution >= 0.6 is 11.6 Å². The van der Waals surface area contributed by atoms with Gasteiger partial charge in [-0.1, -0.05) is 11.6 Å². The summed E-state index contributed by atoms with van der Waals surface area (Å²) in [7, 11) is 0. The third kappa shape index (κ3) is 5.51. The molecule has 128 valence electrons. The van der Waals surface area contributed by atoms with Crippen LogP contribution in [0, 0.1) is 5.92 Å². The number of nitrogens with one attached hydrogen (secondary N) is 2. The normalized spacial score (nSPS) is 21.1. The van der Waals surface area contributed by atoms with Gasteiger partial charge in [-0.05, 0) is 49.8 Å². The lowest BCUT2D eigenvalue weighted by Crippen LogP contribution is -2.40. The molecule has 1 aliphatic rings. The van der Waals surface area contributed by atoms with Crippen molar-refractivity contribution in [2.24, 2.45) is 5.92 Å². The van der Waals surface area contributed by atoms with Gasteiger partial charge in [0.15, 0.2) is 0 Å². The second-order valence-electron chi connectivity index (χ2n) is 5.52. The molecule has 0 atom stereocenters. The number of hydrogen-bond donors (Lipinski definition) is 3. The van der Waals surface area contributed by atoms with E-state index in [-0.39, 0.29) is 29.5 Å². The summed E-state index contributed by atoms with van der Waals surface area (Å²) in [6, 6.07) is 3.75. The van der Waals surface area contributed by atoms with Gasteiger partial charge in [-0.2, -0.15) is 8.78 Å². The van der Waals surface area contributed by atoms with Crippen molar-refractivity contribution in [3.63, 3.8) is 0 Å². The van der Waals surface area contributed by atoms with E-state index in [0.717, 1.165) is 25.7 Å². The topological polar surface area (TPSA) is 70.6 Å². The Morgan fingerprint density at radius 3 is 2.61 bits per heavy atom. The van der Waals surface area contributed by atoms with Crippen LogP contribution < -0.4 is 15.4 Å². The van der Waals surface area contributed by atoms with Crippen LogP contribution in [0.15, 0.2) is 18.2 Å². The summed E-state index contributed by atoms with van der Waals surface area (Å²) >= 11 is 5.83. The van der Waals surface area contributed by atoms with E-state index in [1.165, 1.54) is 18.2 Å². The lowest BCUT2D eigenvalue weighted by Gasteiger charge is -2.27. The summed E-state index contributed by atoms with van der Waals surface area (Å²) < 4.78 is 28.5. The first-order chi connectivity index (χ1) is 11.0. The molecule has 2 amide bonds. The van der Waals surface area contributed by atoms with E-state index < -0.39 is 6.61 Å². The van der Waals surface area contributed by atoms with Crippen molar-refractivity contribution in [2.75, 3.05) is 11.9 Å². The van der Waals surface area contributed by atoms with Gasteiger partial charge in [-0.3, -0.25) is 0 Å². The van der Waals surface area contributed by atoms with Gasteiger partial charge in [0.2, 0.25) is 0 Å². The molecule has 0 heterocycles. The molecule has 5 nitrogen and oxygen atoms in total. The largest absolute Gasteiger partial charge is 0.433 e. The lowest BCUT2D eigenvalue weighted by atomic mass is 9.87. The molecule has 0 spiro atoms. The Bertz CT molecular complexity index is 537. The minimum Gasteiger partial charge on any atom is -0.433 e. The summed E-state index contributed by atoms with van der Waals surface area (Å²) in [4.78, 5) is 11.9. The fourth-order valence-electron chi connectivity index (χ4n) is 2.61. The average molecular weight is 349 g/mol. The molecule has 0 saturated heterocycles. The molecule has 1 aromatic rings. The Kier molecular flexibility index (Phi) is 6.41. The highest BCUT2D eigenvalue weighted by atomic mass is 35.5. The van der Waals surface area contributed by atoms with Gasteiger partial charge in [-0.25, -0.2) is 4.79 Å². The van der Waals surface area contributed by atoms with E-state index in [2.05, 4.69) is 15.4 Å². The molecule has 1 aromatic carbocycles. The van der Waals surface area contributed by atoms with Gasteiger partial charge in [0.25, 0.3) is 0 Å². The molecule has 1 aliphatic carbocycles. The standard InChI is InChI=1S/C15H19ClF2N2O3/c16-12-7-11(5-6-13(12)23-14(17)18)20-15(22)19-10-3-1-9(8-21)2-4-10/h5-7,9-10,14,21H,1-4,8H2,(H2,19,20,22). The number of hydrogen-bond acceptors (Lipinski definition) is 3. The first-order valence-electron chi connectivity index (χ1n) is 7.40. The monoisotopic (exact) mass is 348 g/mol. The molecule has 1 fully saturated rings. The summed E-state index contributed by atoms with van der Waals surface area (Å²) in [5, 5.41) is 14.5. The van der Waals surface area contributed by atoms with Crippen molar-refractivity contribution in [2.45, 2.75) is 38.3 Å². The highest BCUT2D eigenvalue weighted by Crippen LogP contribution is 2.29.